The molecule has 8 nitrogen and oxygen atoms in total. The highest BCUT2D eigenvalue weighted by Crippen LogP contribution is 2.35. The van der Waals surface area contributed by atoms with E-state index in [4.69, 9.17) is 13.9 Å². The second-order valence-electron chi connectivity index (χ2n) is 7.92. The predicted molar refractivity (Wildman–Crippen MR) is 113 cm³/mol. The molecule has 2 aliphatic rings. The van der Waals surface area contributed by atoms with Gasteiger partial charge in [-0.1, -0.05) is 11.3 Å². The number of hydrogen-bond donors (Lipinski definition) is 1. The van der Waals surface area contributed by atoms with Crippen molar-refractivity contribution in [2.75, 3.05) is 38.2 Å². The molecule has 2 aromatic rings. The van der Waals surface area contributed by atoms with Crippen LogP contribution < -0.4 is 5.32 Å². The van der Waals surface area contributed by atoms with E-state index < -0.39 is 0 Å². The molecule has 2 aliphatic heterocycles. The minimum atomic E-state index is -0.152. The zero-order valence-corrected chi connectivity index (χ0v) is 18.1. The van der Waals surface area contributed by atoms with Crippen LogP contribution in [0.15, 0.2) is 22.8 Å². The first kappa shape index (κ1) is 21.2. The zero-order chi connectivity index (χ0) is 21.1. The summed E-state index contributed by atoms with van der Waals surface area (Å²) in [7, 11) is 0. The number of ketones is 1. The van der Waals surface area contributed by atoms with Gasteiger partial charge in [-0.2, -0.15) is 0 Å². The van der Waals surface area contributed by atoms with Crippen molar-refractivity contribution in [3.63, 3.8) is 0 Å². The number of Topliss-reactive ketones (excluding diaryl/α,β-unsaturated/α-hetero) is 1. The Morgan fingerprint density at radius 1 is 1.23 bits per heavy atom. The van der Waals surface area contributed by atoms with E-state index in [1.807, 2.05) is 13.8 Å². The van der Waals surface area contributed by atoms with Gasteiger partial charge in [-0.05, 0) is 38.8 Å². The number of furan rings is 1. The van der Waals surface area contributed by atoms with Crippen molar-refractivity contribution < 1.29 is 23.5 Å². The van der Waals surface area contributed by atoms with E-state index in [0.717, 1.165) is 0 Å². The Morgan fingerprint density at radius 3 is 2.63 bits per heavy atom. The van der Waals surface area contributed by atoms with Crippen LogP contribution in [0.1, 0.15) is 36.4 Å². The lowest BCUT2D eigenvalue weighted by Crippen LogP contribution is -2.48. The van der Waals surface area contributed by atoms with Crippen LogP contribution in [0.4, 0.5) is 5.13 Å². The molecule has 2 aromatic heterocycles. The zero-order valence-electron chi connectivity index (χ0n) is 17.3. The number of ether oxygens (including phenoxy) is 2. The molecule has 2 unspecified atom stereocenters. The lowest BCUT2D eigenvalue weighted by atomic mass is 9.94. The fourth-order valence-corrected chi connectivity index (χ4v) is 5.05. The lowest BCUT2D eigenvalue weighted by Gasteiger charge is -2.34. The summed E-state index contributed by atoms with van der Waals surface area (Å²) in [6.45, 7) is 6.87. The summed E-state index contributed by atoms with van der Waals surface area (Å²) < 4.78 is 16.6. The minimum Gasteiger partial charge on any atom is -0.463 e. The molecule has 0 aliphatic carbocycles. The van der Waals surface area contributed by atoms with Crippen LogP contribution in [0.5, 0.6) is 0 Å². The van der Waals surface area contributed by atoms with Crippen LogP contribution in [-0.2, 0) is 14.3 Å². The Balaban J connectivity index is 1.49. The van der Waals surface area contributed by atoms with Gasteiger partial charge in [0.2, 0.25) is 5.91 Å². The molecule has 0 radical (unpaired) electrons. The molecule has 30 heavy (non-hydrogen) atoms. The van der Waals surface area contributed by atoms with Crippen LogP contribution in [0.3, 0.4) is 0 Å². The van der Waals surface area contributed by atoms with Gasteiger partial charge in [0.05, 0.1) is 25.0 Å². The summed E-state index contributed by atoms with van der Waals surface area (Å²) >= 11 is 1.21. The van der Waals surface area contributed by atoms with Crippen molar-refractivity contribution >= 4 is 28.2 Å². The van der Waals surface area contributed by atoms with Crippen LogP contribution >= 0.6 is 11.3 Å². The van der Waals surface area contributed by atoms with Gasteiger partial charge in [0.1, 0.15) is 10.6 Å². The van der Waals surface area contributed by atoms with E-state index in [1.165, 1.54) is 11.3 Å². The molecule has 4 rings (SSSR count). The summed E-state index contributed by atoms with van der Waals surface area (Å²) in [6.07, 6.45) is 3.13. The fourth-order valence-electron chi connectivity index (χ4n) is 4.04. The molecule has 162 valence electrons. The second kappa shape index (κ2) is 9.38. The van der Waals surface area contributed by atoms with Gasteiger partial charge in [-0.15, -0.1) is 0 Å². The summed E-state index contributed by atoms with van der Waals surface area (Å²) in [5.41, 5.74) is 0.491. The second-order valence-corrected chi connectivity index (χ2v) is 8.92. The quantitative estimate of drug-likeness (QED) is 0.700. The van der Waals surface area contributed by atoms with Gasteiger partial charge in [0.25, 0.3) is 0 Å². The van der Waals surface area contributed by atoms with E-state index in [-0.39, 0.29) is 36.4 Å². The maximum Gasteiger partial charge on any atom is 0.240 e. The summed E-state index contributed by atoms with van der Waals surface area (Å²) in [5.74, 6) is 0.324. The van der Waals surface area contributed by atoms with E-state index >= 15 is 0 Å². The first-order valence-corrected chi connectivity index (χ1v) is 11.2. The Bertz CT molecular complexity index is 865. The molecule has 2 saturated heterocycles. The number of hydrogen-bond acceptors (Lipinski definition) is 8. The average molecular weight is 434 g/mol. The van der Waals surface area contributed by atoms with Crippen molar-refractivity contribution in [2.24, 2.45) is 5.92 Å². The molecular formula is C21H27N3O5S. The standard InChI is InChI=1S/C21H27N3O5S/c1-13-10-24(11-14(2)29-13)12-17(25)22-21-23-18(16-4-3-7-28-16)20(30-21)19(26)15-5-8-27-9-6-15/h3-4,7,13-15H,5-6,8-12H2,1-2H3,(H,22,23,25). The Morgan fingerprint density at radius 2 is 1.97 bits per heavy atom. The van der Waals surface area contributed by atoms with E-state index in [0.29, 0.717) is 60.6 Å². The number of thiazole rings is 1. The molecule has 0 bridgehead atoms. The smallest absolute Gasteiger partial charge is 0.240 e. The third-order valence-corrected chi connectivity index (χ3v) is 6.29. The normalized spacial score (nSPS) is 23.4. The maximum atomic E-state index is 13.1. The first-order valence-electron chi connectivity index (χ1n) is 10.3. The third-order valence-electron chi connectivity index (χ3n) is 5.31. The molecule has 2 atom stereocenters. The molecule has 1 N–H and O–H groups in total. The maximum absolute atomic E-state index is 13.1. The number of aromatic nitrogens is 1. The number of rotatable bonds is 6. The van der Waals surface area contributed by atoms with Crippen molar-refractivity contribution in [3.05, 3.63) is 23.3 Å². The molecule has 0 aromatic carbocycles. The fraction of sp³-hybridized carbons (Fsp3) is 0.571. The Hall–Kier alpha value is -2.07. The van der Waals surface area contributed by atoms with Crippen molar-refractivity contribution in [3.8, 4) is 11.5 Å². The lowest BCUT2D eigenvalue weighted by molar-refractivity contribution is -0.121. The van der Waals surface area contributed by atoms with Crippen molar-refractivity contribution in [1.82, 2.24) is 9.88 Å². The van der Waals surface area contributed by atoms with Crippen LogP contribution in [-0.4, -0.2) is 66.6 Å². The van der Waals surface area contributed by atoms with E-state index in [2.05, 4.69) is 15.2 Å². The number of nitrogens with zero attached hydrogens (tertiary/aromatic N) is 2. The number of carbonyl (C=O) groups is 2. The number of anilines is 1. The van der Waals surface area contributed by atoms with Gasteiger partial charge in [0.15, 0.2) is 16.7 Å². The average Bonchev–Trinajstić information content (AvgIpc) is 3.37. The number of amides is 1. The summed E-state index contributed by atoms with van der Waals surface area (Å²) in [5, 5.41) is 3.28. The van der Waals surface area contributed by atoms with Gasteiger partial charge in [-0.3, -0.25) is 14.5 Å². The highest BCUT2D eigenvalue weighted by atomic mass is 32.1. The van der Waals surface area contributed by atoms with Crippen molar-refractivity contribution in [1.29, 1.82) is 0 Å². The van der Waals surface area contributed by atoms with Crippen LogP contribution in [0.2, 0.25) is 0 Å². The Kier molecular flexibility index (Phi) is 6.62. The monoisotopic (exact) mass is 433 g/mol. The Labute approximate surface area is 179 Å². The summed E-state index contributed by atoms with van der Waals surface area (Å²) in [6, 6.07) is 3.54. The van der Waals surface area contributed by atoms with Gasteiger partial charge < -0.3 is 19.2 Å². The van der Waals surface area contributed by atoms with Crippen molar-refractivity contribution in [2.45, 2.75) is 38.9 Å². The topological polar surface area (TPSA) is 93.9 Å². The first-order chi connectivity index (χ1) is 14.5. The molecule has 1 amide bonds. The molecule has 0 spiro atoms. The third kappa shape index (κ3) is 4.97. The number of nitrogens with one attached hydrogen (secondary N) is 1. The molecule has 2 fully saturated rings. The SMILES string of the molecule is CC1CN(CC(=O)Nc2nc(-c3ccco3)c(C(=O)C3CCOCC3)s2)CC(C)O1. The highest BCUT2D eigenvalue weighted by Gasteiger charge is 2.30. The summed E-state index contributed by atoms with van der Waals surface area (Å²) in [4.78, 5) is 32.9. The van der Waals surface area contributed by atoms with Gasteiger partial charge >= 0.3 is 0 Å². The molecule has 9 heteroatoms. The molecule has 0 saturated carbocycles. The van der Waals surface area contributed by atoms with Gasteiger partial charge in [0, 0.05) is 32.2 Å². The van der Waals surface area contributed by atoms with E-state index in [1.54, 1.807) is 18.4 Å². The largest absolute Gasteiger partial charge is 0.463 e. The predicted octanol–water partition coefficient (Wildman–Crippen LogP) is 3.06. The minimum absolute atomic E-state index is 0.0403. The number of morpholine rings is 1. The van der Waals surface area contributed by atoms with Gasteiger partial charge in [-0.25, -0.2) is 4.98 Å². The molecular weight excluding hydrogens is 406 g/mol. The van der Waals surface area contributed by atoms with Crippen LogP contribution in [0, 0.1) is 5.92 Å². The highest BCUT2D eigenvalue weighted by molar-refractivity contribution is 7.18. The number of carbonyl (C=O) groups excluding carboxylic acids is 2. The molecule has 4 heterocycles. The van der Waals surface area contributed by atoms with Crippen LogP contribution in [0.25, 0.3) is 11.5 Å². The van der Waals surface area contributed by atoms with E-state index in [9.17, 15) is 9.59 Å².